The van der Waals surface area contributed by atoms with Crippen LogP contribution in [0.5, 0.6) is 11.5 Å². The van der Waals surface area contributed by atoms with Crippen LogP contribution in [0.4, 0.5) is 5.69 Å². The van der Waals surface area contributed by atoms with E-state index in [2.05, 4.69) is 4.72 Å². The van der Waals surface area contributed by atoms with Crippen molar-refractivity contribution >= 4 is 96.9 Å². The SMILES string of the molecule is O=S(=O)(CCl)Nc1c(Cl)c(Cl)c(Cl)c(Cl)c1Oc1ccc(Cl)cc1Cl. The molecule has 4 nitrogen and oxygen atoms in total. The van der Waals surface area contributed by atoms with E-state index in [4.69, 9.17) is 85.9 Å². The van der Waals surface area contributed by atoms with Crippen molar-refractivity contribution in [3.8, 4) is 11.5 Å². The molecule has 0 aromatic heterocycles. The molecule has 2 aromatic rings. The molecule has 0 radical (unpaired) electrons. The first-order valence-electron chi connectivity index (χ1n) is 6.12. The van der Waals surface area contributed by atoms with Crippen LogP contribution in [-0.2, 0) is 10.0 Å². The fourth-order valence-electron chi connectivity index (χ4n) is 1.65. The largest absolute Gasteiger partial charge is 0.452 e. The summed E-state index contributed by atoms with van der Waals surface area (Å²) in [6, 6.07) is 4.39. The van der Waals surface area contributed by atoms with Crippen molar-refractivity contribution in [1.29, 1.82) is 0 Å². The van der Waals surface area contributed by atoms with Gasteiger partial charge in [0.1, 0.15) is 21.7 Å². The molecule has 0 unspecified atom stereocenters. The summed E-state index contributed by atoms with van der Waals surface area (Å²) in [4.78, 5) is 0. The molecule has 25 heavy (non-hydrogen) atoms. The Morgan fingerprint density at radius 3 is 2.08 bits per heavy atom. The molecule has 0 aliphatic heterocycles. The molecule has 2 aromatic carbocycles. The van der Waals surface area contributed by atoms with Gasteiger partial charge in [0.05, 0.1) is 20.1 Å². The summed E-state index contributed by atoms with van der Waals surface area (Å²) in [7, 11) is -3.94. The summed E-state index contributed by atoms with van der Waals surface area (Å²) in [6.07, 6.45) is 0. The lowest BCUT2D eigenvalue weighted by Crippen LogP contribution is -2.14. The first-order chi connectivity index (χ1) is 11.6. The number of anilines is 1. The fraction of sp³-hybridized carbons (Fsp3) is 0.0769. The Labute approximate surface area is 178 Å². The van der Waals surface area contributed by atoms with Crippen molar-refractivity contribution < 1.29 is 13.2 Å². The van der Waals surface area contributed by atoms with Gasteiger partial charge in [-0.3, -0.25) is 4.72 Å². The maximum atomic E-state index is 11.8. The van der Waals surface area contributed by atoms with Gasteiger partial charge in [-0.1, -0.05) is 69.6 Å². The van der Waals surface area contributed by atoms with Crippen LogP contribution in [-0.4, -0.2) is 13.6 Å². The third-order valence-corrected chi connectivity index (χ3v) is 6.71. The van der Waals surface area contributed by atoms with E-state index in [1.54, 1.807) is 0 Å². The van der Waals surface area contributed by atoms with Gasteiger partial charge in [0.2, 0.25) is 10.0 Å². The first-order valence-corrected chi connectivity index (χ1v) is 10.6. The molecule has 0 spiro atoms. The molecule has 0 saturated carbocycles. The van der Waals surface area contributed by atoms with E-state index < -0.39 is 15.2 Å². The summed E-state index contributed by atoms with van der Waals surface area (Å²) in [5.74, 6) is -0.0623. The lowest BCUT2D eigenvalue weighted by atomic mass is 10.3. The fourth-order valence-corrected chi connectivity index (χ4v) is 3.80. The summed E-state index contributed by atoms with van der Waals surface area (Å²) >= 11 is 41.5. The normalized spacial score (nSPS) is 11.5. The Kier molecular flexibility index (Phi) is 7.13. The molecular weight excluding hydrogens is 498 g/mol. The molecule has 0 atom stereocenters. The molecule has 136 valence electrons. The average Bonchev–Trinajstić information content (AvgIpc) is 2.56. The van der Waals surface area contributed by atoms with Gasteiger partial charge in [-0.2, -0.15) is 0 Å². The summed E-state index contributed by atoms with van der Waals surface area (Å²) in [6.45, 7) is 0. The Bertz CT molecular complexity index is 934. The second-order valence-corrected chi connectivity index (χ2v) is 9.12. The summed E-state index contributed by atoms with van der Waals surface area (Å²) < 4.78 is 31.4. The number of nitrogens with one attached hydrogen (secondary N) is 1. The molecule has 1 N–H and O–H groups in total. The minimum absolute atomic E-state index is 0.123. The highest BCUT2D eigenvalue weighted by atomic mass is 35.5. The van der Waals surface area contributed by atoms with Crippen LogP contribution in [0.1, 0.15) is 0 Å². The lowest BCUT2D eigenvalue weighted by molar-refractivity contribution is 0.485. The van der Waals surface area contributed by atoms with Gasteiger partial charge in [0.15, 0.2) is 5.75 Å². The highest BCUT2D eigenvalue weighted by Crippen LogP contribution is 2.51. The second kappa shape index (κ2) is 8.36. The van der Waals surface area contributed by atoms with Crippen molar-refractivity contribution in [3.05, 3.63) is 48.3 Å². The summed E-state index contributed by atoms with van der Waals surface area (Å²) in [5, 5.41) is -0.880. The molecule has 0 aliphatic carbocycles. The highest BCUT2D eigenvalue weighted by molar-refractivity contribution is 7.93. The van der Waals surface area contributed by atoms with Crippen molar-refractivity contribution in [2.24, 2.45) is 0 Å². The van der Waals surface area contributed by atoms with Gasteiger partial charge in [0.25, 0.3) is 0 Å². The molecule has 12 heteroatoms. The zero-order valence-electron chi connectivity index (χ0n) is 11.7. The van der Waals surface area contributed by atoms with Crippen LogP contribution >= 0.6 is 81.2 Å². The van der Waals surface area contributed by atoms with Gasteiger partial charge >= 0.3 is 0 Å². The van der Waals surface area contributed by atoms with Crippen LogP contribution in [0.25, 0.3) is 0 Å². The van der Waals surface area contributed by atoms with E-state index >= 15 is 0 Å². The molecule has 0 saturated heterocycles. The zero-order chi connectivity index (χ0) is 18.9. The maximum Gasteiger partial charge on any atom is 0.246 e. The Balaban J connectivity index is 2.66. The number of halogens is 7. The van der Waals surface area contributed by atoms with E-state index in [9.17, 15) is 8.42 Å². The molecule has 0 aliphatic rings. The Morgan fingerprint density at radius 1 is 0.920 bits per heavy atom. The predicted octanol–water partition coefficient (Wildman–Crippen LogP) is 7.34. The lowest BCUT2D eigenvalue weighted by Gasteiger charge is -2.18. The molecule has 0 heterocycles. The molecule has 0 amide bonds. The number of ether oxygens (including phenoxy) is 1. The van der Waals surface area contributed by atoms with E-state index in [1.807, 2.05) is 0 Å². The van der Waals surface area contributed by atoms with Gasteiger partial charge in [-0.15, -0.1) is 11.6 Å². The van der Waals surface area contributed by atoms with Gasteiger partial charge < -0.3 is 4.74 Å². The van der Waals surface area contributed by atoms with Crippen LogP contribution < -0.4 is 9.46 Å². The standard InChI is InChI=1S/C13H6Cl7NO3S/c14-4-25(22,23)21-12-10(19)8(17)9(18)11(20)13(12)24-7-2-1-5(15)3-6(7)16/h1-3,21H,4H2. The van der Waals surface area contributed by atoms with E-state index in [0.29, 0.717) is 5.02 Å². The van der Waals surface area contributed by atoms with Gasteiger partial charge in [-0.05, 0) is 18.2 Å². The quantitative estimate of drug-likeness (QED) is 0.263. The van der Waals surface area contributed by atoms with Crippen LogP contribution in [0.2, 0.25) is 30.1 Å². The molecule has 2 rings (SSSR count). The number of hydrogen-bond acceptors (Lipinski definition) is 3. The number of rotatable bonds is 5. The first kappa shape index (κ1) is 21.3. The predicted molar refractivity (Wildman–Crippen MR) is 106 cm³/mol. The second-order valence-electron chi connectivity index (χ2n) is 4.46. The topological polar surface area (TPSA) is 55.4 Å². The minimum atomic E-state index is -3.94. The van der Waals surface area contributed by atoms with Crippen LogP contribution in [0, 0.1) is 0 Å². The number of benzene rings is 2. The third-order valence-electron chi connectivity index (χ3n) is 2.73. The highest BCUT2D eigenvalue weighted by Gasteiger charge is 2.25. The molecule has 0 fully saturated rings. The molecule has 0 bridgehead atoms. The zero-order valence-corrected chi connectivity index (χ0v) is 17.8. The minimum Gasteiger partial charge on any atom is -0.452 e. The Morgan fingerprint density at radius 2 is 1.52 bits per heavy atom. The number of hydrogen-bond donors (Lipinski definition) is 1. The van der Waals surface area contributed by atoms with Gasteiger partial charge in [0, 0.05) is 5.02 Å². The third kappa shape index (κ3) is 4.85. The van der Waals surface area contributed by atoms with Crippen molar-refractivity contribution in [2.75, 3.05) is 9.93 Å². The molecular formula is C13H6Cl7NO3S. The number of alkyl halides is 1. The monoisotopic (exact) mass is 501 g/mol. The summed E-state index contributed by atoms with van der Waals surface area (Å²) in [5.41, 5.74) is -0.229. The van der Waals surface area contributed by atoms with Crippen molar-refractivity contribution in [1.82, 2.24) is 0 Å². The van der Waals surface area contributed by atoms with E-state index in [-0.39, 0.29) is 42.3 Å². The van der Waals surface area contributed by atoms with Crippen molar-refractivity contribution in [2.45, 2.75) is 0 Å². The van der Waals surface area contributed by atoms with Crippen LogP contribution in [0.15, 0.2) is 18.2 Å². The van der Waals surface area contributed by atoms with Crippen LogP contribution in [0.3, 0.4) is 0 Å². The number of sulfonamides is 1. The van der Waals surface area contributed by atoms with E-state index in [1.165, 1.54) is 18.2 Å². The Hall–Kier alpha value is 0.0200. The van der Waals surface area contributed by atoms with Crippen molar-refractivity contribution in [3.63, 3.8) is 0 Å². The smallest absolute Gasteiger partial charge is 0.246 e. The average molecular weight is 504 g/mol. The maximum absolute atomic E-state index is 11.8. The van der Waals surface area contributed by atoms with Gasteiger partial charge in [-0.25, -0.2) is 8.42 Å². The van der Waals surface area contributed by atoms with E-state index in [0.717, 1.165) is 0 Å².